The second-order valence-corrected chi connectivity index (χ2v) is 9.53. The van der Waals surface area contributed by atoms with Crippen LogP contribution >= 0.6 is 0 Å². The minimum atomic E-state index is -3.57. The highest BCUT2D eigenvalue weighted by molar-refractivity contribution is 7.89. The third-order valence-electron chi connectivity index (χ3n) is 5.43. The summed E-state index contributed by atoms with van der Waals surface area (Å²) in [5.41, 5.74) is 1.15. The first-order chi connectivity index (χ1) is 14.7. The zero-order valence-electron chi connectivity index (χ0n) is 17.4. The van der Waals surface area contributed by atoms with Crippen LogP contribution in [-0.4, -0.2) is 43.6 Å². The van der Waals surface area contributed by atoms with E-state index in [1.165, 1.54) is 46.8 Å². The molecule has 1 heterocycles. The molecule has 0 unspecified atom stereocenters. The summed E-state index contributed by atoms with van der Waals surface area (Å²) in [6, 6.07) is 10.5. The van der Waals surface area contributed by atoms with Gasteiger partial charge >= 0.3 is 0 Å². The Labute approximate surface area is 181 Å². The Morgan fingerprint density at radius 1 is 1.16 bits per heavy atom. The Balaban J connectivity index is 1.73. The highest BCUT2D eigenvalue weighted by Gasteiger charge is 2.28. The average molecular weight is 444 g/mol. The van der Waals surface area contributed by atoms with Crippen molar-refractivity contribution in [2.24, 2.45) is 5.92 Å². The summed E-state index contributed by atoms with van der Waals surface area (Å²) >= 11 is 0. The fourth-order valence-electron chi connectivity index (χ4n) is 3.45. The van der Waals surface area contributed by atoms with Crippen molar-refractivity contribution in [3.8, 4) is 0 Å². The Hall–Kier alpha value is -3.04. The molecule has 0 aliphatic carbocycles. The molecule has 8 nitrogen and oxygen atoms in total. The molecule has 0 radical (unpaired) electrons. The molecule has 0 saturated carbocycles. The standard InChI is InChI=1S/C22H25N3O5S/c1-16-11-13-24(14-12-16)31(29,30)19-7-5-18(6-8-19)22(26)10-4-17-3-9-20(23-2)21(15-17)25(27)28/h3-10,15-16,23H,11-14H2,1-2H3/b10-4+. The monoisotopic (exact) mass is 443 g/mol. The normalized spacial score (nSPS) is 15.8. The lowest BCUT2D eigenvalue weighted by Gasteiger charge is -2.29. The number of rotatable bonds is 7. The average Bonchev–Trinajstić information content (AvgIpc) is 2.77. The van der Waals surface area contributed by atoms with Gasteiger partial charge in [0.1, 0.15) is 5.69 Å². The summed E-state index contributed by atoms with van der Waals surface area (Å²) in [4.78, 5) is 23.3. The first kappa shape index (κ1) is 22.6. The van der Waals surface area contributed by atoms with Crippen LogP contribution in [0.15, 0.2) is 53.4 Å². The molecule has 1 fully saturated rings. The van der Waals surface area contributed by atoms with Gasteiger partial charge in [-0.2, -0.15) is 4.31 Å². The van der Waals surface area contributed by atoms with E-state index < -0.39 is 14.9 Å². The molecule has 0 spiro atoms. The summed E-state index contributed by atoms with van der Waals surface area (Å²) in [7, 11) is -1.97. The fourth-order valence-corrected chi connectivity index (χ4v) is 4.92. The number of anilines is 1. The van der Waals surface area contributed by atoms with Gasteiger partial charge in [-0.25, -0.2) is 8.42 Å². The number of hydrogen-bond acceptors (Lipinski definition) is 6. The Morgan fingerprint density at radius 2 is 1.81 bits per heavy atom. The number of ketones is 1. The second-order valence-electron chi connectivity index (χ2n) is 7.59. The van der Waals surface area contributed by atoms with Crippen LogP contribution in [0.5, 0.6) is 0 Å². The van der Waals surface area contributed by atoms with E-state index in [2.05, 4.69) is 12.2 Å². The molecule has 0 amide bonds. The number of carbonyl (C=O) groups excluding carboxylic acids is 1. The summed E-state index contributed by atoms with van der Waals surface area (Å²) < 4.78 is 27.1. The molecular formula is C22H25N3O5S. The second kappa shape index (κ2) is 9.40. The van der Waals surface area contributed by atoms with Gasteiger partial charge < -0.3 is 5.32 Å². The number of hydrogen-bond donors (Lipinski definition) is 1. The summed E-state index contributed by atoms with van der Waals surface area (Å²) in [6.45, 7) is 3.13. The van der Waals surface area contributed by atoms with Gasteiger partial charge in [-0.3, -0.25) is 14.9 Å². The summed E-state index contributed by atoms with van der Waals surface area (Å²) in [5.74, 6) is 0.199. The Kier molecular flexibility index (Phi) is 6.87. The van der Waals surface area contributed by atoms with Crippen LogP contribution in [0.4, 0.5) is 11.4 Å². The predicted molar refractivity (Wildman–Crippen MR) is 120 cm³/mol. The maximum atomic E-state index is 12.8. The molecule has 1 aliphatic rings. The van der Waals surface area contributed by atoms with Gasteiger partial charge in [0, 0.05) is 31.8 Å². The van der Waals surface area contributed by atoms with Crippen LogP contribution in [0.1, 0.15) is 35.7 Å². The van der Waals surface area contributed by atoms with E-state index in [-0.39, 0.29) is 16.4 Å². The predicted octanol–water partition coefficient (Wildman–Crippen LogP) is 3.95. The van der Waals surface area contributed by atoms with Crippen LogP contribution in [0, 0.1) is 16.0 Å². The van der Waals surface area contributed by atoms with Gasteiger partial charge in [-0.15, -0.1) is 0 Å². The quantitative estimate of drug-likeness (QED) is 0.300. The van der Waals surface area contributed by atoms with Gasteiger partial charge in [-0.05, 0) is 60.7 Å². The molecule has 164 valence electrons. The first-order valence-corrected chi connectivity index (χ1v) is 11.4. The smallest absolute Gasteiger partial charge is 0.292 e. The Morgan fingerprint density at radius 3 is 2.39 bits per heavy atom. The lowest BCUT2D eigenvalue weighted by Crippen LogP contribution is -2.37. The van der Waals surface area contributed by atoms with Gasteiger partial charge in [0.2, 0.25) is 10.0 Å². The van der Waals surface area contributed by atoms with Crippen LogP contribution in [0.25, 0.3) is 6.08 Å². The number of sulfonamides is 1. The molecule has 1 aliphatic heterocycles. The Bertz CT molecular complexity index is 1100. The van der Waals surface area contributed by atoms with Crippen molar-refractivity contribution in [2.75, 3.05) is 25.5 Å². The molecule has 1 saturated heterocycles. The van der Waals surface area contributed by atoms with Crippen LogP contribution in [-0.2, 0) is 10.0 Å². The van der Waals surface area contributed by atoms with Crippen molar-refractivity contribution >= 4 is 33.3 Å². The van der Waals surface area contributed by atoms with Gasteiger partial charge in [-0.1, -0.05) is 19.1 Å². The van der Waals surface area contributed by atoms with Gasteiger partial charge in [0.25, 0.3) is 5.69 Å². The third kappa shape index (κ3) is 5.18. The highest BCUT2D eigenvalue weighted by atomic mass is 32.2. The molecule has 1 N–H and O–H groups in total. The summed E-state index contributed by atoms with van der Waals surface area (Å²) in [5, 5.41) is 13.9. The van der Waals surface area contributed by atoms with Crippen LogP contribution in [0.2, 0.25) is 0 Å². The number of carbonyl (C=O) groups is 1. The van der Waals surface area contributed by atoms with Crippen molar-refractivity contribution in [1.82, 2.24) is 4.31 Å². The molecule has 2 aromatic carbocycles. The number of nitrogens with one attached hydrogen (secondary N) is 1. The van der Waals surface area contributed by atoms with Crippen molar-refractivity contribution < 1.29 is 18.1 Å². The topological polar surface area (TPSA) is 110 Å². The number of nitrogens with zero attached hydrogens (tertiary/aromatic N) is 2. The van der Waals surface area contributed by atoms with E-state index in [1.54, 1.807) is 19.2 Å². The van der Waals surface area contributed by atoms with Gasteiger partial charge in [0.15, 0.2) is 5.78 Å². The van der Waals surface area contributed by atoms with Crippen molar-refractivity contribution in [3.63, 3.8) is 0 Å². The van der Waals surface area contributed by atoms with E-state index in [9.17, 15) is 23.3 Å². The van der Waals surface area contributed by atoms with Crippen molar-refractivity contribution in [1.29, 1.82) is 0 Å². The number of allylic oxidation sites excluding steroid dienone is 1. The fraction of sp³-hybridized carbons (Fsp3) is 0.318. The zero-order valence-corrected chi connectivity index (χ0v) is 18.3. The van der Waals surface area contributed by atoms with E-state index >= 15 is 0 Å². The summed E-state index contributed by atoms with van der Waals surface area (Å²) in [6.07, 6.45) is 4.49. The number of nitro benzene ring substituents is 1. The van der Waals surface area contributed by atoms with E-state index in [4.69, 9.17) is 0 Å². The highest BCUT2D eigenvalue weighted by Crippen LogP contribution is 2.26. The lowest BCUT2D eigenvalue weighted by molar-refractivity contribution is -0.384. The van der Waals surface area contributed by atoms with E-state index in [1.807, 2.05) is 0 Å². The van der Waals surface area contributed by atoms with Crippen LogP contribution in [0.3, 0.4) is 0 Å². The van der Waals surface area contributed by atoms with E-state index in [0.717, 1.165) is 12.8 Å². The maximum absolute atomic E-state index is 12.8. The van der Waals surface area contributed by atoms with Gasteiger partial charge in [0.05, 0.1) is 9.82 Å². The van der Waals surface area contributed by atoms with E-state index in [0.29, 0.717) is 35.8 Å². The van der Waals surface area contributed by atoms with Crippen molar-refractivity contribution in [3.05, 3.63) is 69.8 Å². The largest absolute Gasteiger partial charge is 0.383 e. The zero-order chi connectivity index (χ0) is 22.6. The SMILES string of the molecule is CNc1ccc(/C=C/C(=O)c2ccc(S(=O)(=O)N3CCC(C)CC3)cc2)cc1[N+](=O)[O-]. The molecule has 2 aromatic rings. The minimum absolute atomic E-state index is 0.0845. The number of nitro groups is 1. The molecule has 0 aromatic heterocycles. The minimum Gasteiger partial charge on any atom is -0.383 e. The van der Waals surface area contributed by atoms with Crippen LogP contribution < -0.4 is 5.32 Å². The molecule has 31 heavy (non-hydrogen) atoms. The number of piperidine rings is 1. The lowest BCUT2D eigenvalue weighted by atomic mass is 10.0. The molecular weight excluding hydrogens is 418 g/mol. The first-order valence-electron chi connectivity index (χ1n) is 10.0. The molecule has 0 bridgehead atoms. The van der Waals surface area contributed by atoms with Crippen molar-refractivity contribution in [2.45, 2.75) is 24.7 Å². The third-order valence-corrected chi connectivity index (χ3v) is 7.35. The maximum Gasteiger partial charge on any atom is 0.292 e. The molecule has 9 heteroatoms. The molecule has 3 rings (SSSR count). The number of benzene rings is 2. The molecule has 0 atom stereocenters.